The number of hydrogen-bond acceptors (Lipinski definition) is 2. The van der Waals surface area contributed by atoms with Gasteiger partial charge in [-0.1, -0.05) is 107 Å². The van der Waals surface area contributed by atoms with E-state index >= 15 is 0 Å². The van der Waals surface area contributed by atoms with E-state index in [4.69, 9.17) is 4.43 Å². The Hall–Kier alpha value is -1.68. The Kier molecular flexibility index (Phi) is 6.60. The molecule has 38 heavy (non-hydrogen) atoms. The molecule has 7 atom stereocenters. The van der Waals surface area contributed by atoms with Crippen molar-refractivity contribution in [2.75, 3.05) is 0 Å². The van der Waals surface area contributed by atoms with Gasteiger partial charge in [-0.2, -0.15) is 0 Å². The summed E-state index contributed by atoms with van der Waals surface area (Å²) >= 11 is 0. The van der Waals surface area contributed by atoms with E-state index in [2.05, 4.69) is 101 Å². The lowest BCUT2D eigenvalue weighted by Gasteiger charge is -2.58. The number of aliphatic hydroxyl groups is 1. The molecule has 0 aromatic heterocycles. The van der Waals surface area contributed by atoms with Crippen molar-refractivity contribution in [1.82, 2.24) is 0 Å². The third-order valence-corrected chi connectivity index (χ3v) is 16.9. The van der Waals surface area contributed by atoms with Gasteiger partial charge in [-0.3, -0.25) is 0 Å². The first kappa shape index (κ1) is 26.5. The summed E-state index contributed by atoms with van der Waals surface area (Å²) in [5.41, 5.74) is 2.12. The van der Waals surface area contributed by atoms with Gasteiger partial charge < -0.3 is 9.53 Å². The molecular formula is C35H48O2Si. The number of aliphatic hydroxyl groups excluding tert-OH is 1. The molecule has 2 aromatic carbocycles. The molecule has 3 fully saturated rings. The number of hydrogen-bond donors (Lipinski definition) is 1. The first-order valence-electron chi connectivity index (χ1n) is 15.3. The topological polar surface area (TPSA) is 29.5 Å². The number of allylic oxidation sites excluding steroid dienone is 1. The van der Waals surface area contributed by atoms with Crippen LogP contribution < -0.4 is 10.4 Å². The van der Waals surface area contributed by atoms with Crippen molar-refractivity contribution in [2.45, 2.75) is 103 Å². The van der Waals surface area contributed by atoms with Gasteiger partial charge in [0.1, 0.15) is 0 Å². The van der Waals surface area contributed by atoms with Crippen LogP contribution in [0.1, 0.15) is 86.0 Å². The lowest BCUT2D eigenvalue weighted by atomic mass is 9.48. The maximum absolute atomic E-state index is 10.8. The summed E-state index contributed by atoms with van der Waals surface area (Å²) in [6, 6.07) is 22.3. The van der Waals surface area contributed by atoms with Gasteiger partial charge in [0.15, 0.2) is 0 Å². The maximum atomic E-state index is 10.8. The van der Waals surface area contributed by atoms with Crippen LogP contribution in [0.5, 0.6) is 0 Å². The van der Waals surface area contributed by atoms with Crippen molar-refractivity contribution >= 4 is 18.7 Å². The zero-order chi connectivity index (χ0) is 26.8. The van der Waals surface area contributed by atoms with Crippen LogP contribution in [0.2, 0.25) is 5.04 Å². The summed E-state index contributed by atoms with van der Waals surface area (Å²) in [6.45, 7) is 12.2. The van der Waals surface area contributed by atoms with Gasteiger partial charge in [0.05, 0.1) is 6.10 Å². The molecule has 0 aliphatic heterocycles. The first-order chi connectivity index (χ1) is 18.1. The Morgan fingerprint density at radius 2 is 1.45 bits per heavy atom. The van der Waals surface area contributed by atoms with Crippen LogP contribution in [0, 0.1) is 28.6 Å². The van der Waals surface area contributed by atoms with Crippen LogP contribution in [0.3, 0.4) is 0 Å². The third-order valence-electron chi connectivity index (χ3n) is 11.8. The van der Waals surface area contributed by atoms with E-state index in [0.717, 1.165) is 31.1 Å². The van der Waals surface area contributed by atoms with Crippen LogP contribution in [-0.4, -0.2) is 25.6 Å². The summed E-state index contributed by atoms with van der Waals surface area (Å²) in [5.74, 6) is 2.20. The average molecular weight is 529 g/mol. The monoisotopic (exact) mass is 528 g/mol. The van der Waals surface area contributed by atoms with Crippen molar-refractivity contribution < 1.29 is 9.53 Å². The zero-order valence-corrected chi connectivity index (χ0v) is 25.2. The van der Waals surface area contributed by atoms with Crippen molar-refractivity contribution in [3.63, 3.8) is 0 Å². The fraction of sp³-hybridized carbons (Fsp3) is 0.600. The Balaban J connectivity index is 1.32. The van der Waals surface area contributed by atoms with E-state index in [1.54, 1.807) is 5.57 Å². The van der Waals surface area contributed by atoms with Gasteiger partial charge in [-0.25, -0.2) is 0 Å². The predicted octanol–water partition coefficient (Wildman–Crippen LogP) is 7.26. The molecule has 0 heterocycles. The van der Waals surface area contributed by atoms with Crippen LogP contribution in [-0.2, 0) is 4.43 Å². The zero-order valence-electron chi connectivity index (χ0n) is 24.2. The van der Waals surface area contributed by atoms with E-state index in [9.17, 15) is 5.11 Å². The van der Waals surface area contributed by atoms with Gasteiger partial charge in [0, 0.05) is 6.10 Å². The summed E-state index contributed by atoms with van der Waals surface area (Å²) in [7, 11) is -2.54. The molecule has 2 nitrogen and oxygen atoms in total. The Labute approximate surface area is 232 Å². The quantitative estimate of drug-likeness (QED) is 0.334. The summed E-state index contributed by atoms with van der Waals surface area (Å²) < 4.78 is 7.61. The standard InChI is InChI=1S/C35H48O2Si/c1-33(2,3)38(27-12-8-6-9-13-27,28-14-10-7-11-15-28)37-26-20-22-34(4)25(24-26)16-17-29-30-18-19-32(36)35(30,5)23-21-31(29)34/h6-16,26,29-32,36H,17-24H2,1-5H3/t26-,29?,30?,31?,32?,34-,35-/m0/s1. The molecule has 1 N–H and O–H groups in total. The second-order valence-corrected chi connectivity index (χ2v) is 18.8. The second-order valence-electron chi connectivity index (χ2n) is 14.5. The molecular weight excluding hydrogens is 480 g/mol. The van der Waals surface area contributed by atoms with E-state index in [1.165, 1.54) is 42.5 Å². The molecule has 204 valence electrons. The molecule has 4 unspecified atom stereocenters. The van der Waals surface area contributed by atoms with Gasteiger partial charge in [0.25, 0.3) is 8.32 Å². The highest BCUT2D eigenvalue weighted by atomic mass is 28.4. The SMILES string of the molecule is CC(C)(C)[Si](O[C@H]1CC[C@@]2(C)C(=CCC3C4CCC(O)[C@@]4(C)CCC32)C1)(c1ccccc1)c1ccccc1. The highest BCUT2D eigenvalue weighted by Crippen LogP contribution is 2.65. The molecule has 0 spiro atoms. The fourth-order valence-electron chi connectivity index (χ4n) is 9.64. The lowest BCUT2D eigenvalue weighted by Crippen LogP contribution is -2.68. The Morgan fingerprint density at radius 3 is 2.05 bits per heavy atom. The average Bonchev–Trinajstić information content (AvgIpc) is 3.22. The third kappa shape index (κ3) is 3.94. The first-order valence-corrected chi connectivity index (χ1v) is 17.2. The minimum Gasteiger partial charge on any atom is -0.404 e. The van der Waals surface area contributed by atoms with E-state index < -0.39 is 8.32 Å². The van der Waals surface area contributed by atoms with Crippen molar-refractivity contribution in [1.29, 1.82) is 0 Å². The van der Waals surface area contributed by atoms with Gasteiger partial charge >= 0.3 is 0 Å². The molecule has 3 saturated carbocycles. The summed E-state index contributed by atoms with van der Waals surface area (Å²) in [4.78, 5) is 0. The van der Waals surface area contributed by atoms with Crippen LogP contribution in [0.25, 0.3) is 0 Å². The molecule has 6 rings (SSSR count). The van der Waals surface area contributed by atoms with Crippen LogP contribution >= 0.6 is 0 Å². The van der Waals surface area contributed by atoms with E-state index in [0.29, 0.717) is 11.3 Å². The maximum Gasteiger partial charge on any atom is 0.261 e. The van der Waals surface area contributed by atoms with Gasteiger partial charge in [-0.15, -0.1) is 0 Å². The van der Waals surface area contributed by atoms with E-state index in [1.807, 2.05) is 0 Å². The van der Waals surface area contributed by atoms with Crippen molar-refractivity contribution in [3.8, 4) is 0 Å². The molecule has 4 aliphatic rings. The molecule has 0 radical (unpaired) electrons. The summed E-state index contributed by atoms with van der Waals surface area (Å²) in [5, 5.41) is 13.6. The fourth-order valence-corrected chi connectivity index (χ4v) is 14.4. The Bertz CT molecular complexity index is 1130. The molecule has 0 amide bonds. The minimum atomic E-state index is -2.54. The van der Waals surface area contributed by atoms with Crippen molar-refractivity contribution in [2.24, 2.45) is 28.6 Å². The highest BCUT2D eigenvalue weighted by molar-refractivity contribution is 6.99. The lowest BCUT2D eigenvalue weighted by molar-refractivity contribution is -0.0705. The normalized spacial score (nSPS) is 37.1. The molecule has 2 aromatic rings. The Morgan fingerprint density at radius 1 is 0.816 bits per heavy atom. The van der Waals surface area contributed by atoms with Gasteiger partial charge in [0.2, 0.25) is 0 Å². The minimum absolute atomic E-state index is 0.0135. The molecule has 0 bridgehead atoms. The molecule has 0 saturated heterocycles. The molecule has 3 heteroatoms. The highest BCUT2D eigenvalue weighted by Gasteiger charge is 2.59. The predicted molar refractivity (Wildman–Crippen MR) is 160 cm³/mol. The largest absolute Gasteiger partial charge is 0.404 e. The van der Waals surface area contributed by atoms with Crippen molar-refractivity contribution in [3.05, 3.63) is 72.3 Å². The van der Waals surface area contributed by atoms with E-state index in [-0.39, 0.29) is 22.7 Å². The smallest absolute Gasteiger partial charge is 0.261 e. The summed E-state index contributed by atoms with van der Waals surface area (Å²) in [6.07, 6.45) is 12.2. The number of fused-ring (bicyclic) bond motifs is 5. The number of benzene rings is 2. The second kappa shape index (κ2) is 9.46. The number of rotatable bonds is 4. The molecule has 4 aliphatic carbocycles. The van der Waals surface area contributed by atoms with Crippen LogP contribution in [0.4, 0.5) is 0 Å². The van der Waals surface area contributed by atoms with Gasteiger partial charge in [-0.05, 0) is 95.4 Å². The van der Waals surface area contributed by atoms with Crippen LogP contribution in [0.15, 0.2) is 72.3 Å².